The lowest BCUT2D eigenvalue weighted by molar-refractivity contribution is -0.000657. The van der Waals surface area contributed by atoms with Crippen molar-refractivity contribution >= 4 is 5.69 Å². The topological polar surface area (TPSA) is 24.5 Å². The van der Waals surface area contributed by atoms with Crippen LogP contribution in [0.25, 0.3) is 0 Å². The van der Waals surface area contributed by atoms with Crippen LogP contribution in [0.1, 0.15) is 31.9 Å². The van der Waals surface area contributed by atoms with Crippen molar-refractivity contribution < 1.29 is 4.74 Å². The van der Waals surface area contributed by atoms with Gasteiger partial charge in [0, 0.05) is 25.8 Å². The van der Waals surface area contributed by atoms with Gasteiger partial charge in [0.25, 0.3) is 0 Å². The van der Waals surface area contributed by atoms with E-state index in [4.69, 9.17) is 4.74 Å². The van der Waals surface area contributed by atoms with Crippen LogP contribution >= 0.6 is 0 Å². The Morgan fingerprint density at radius 1 is 1.37 bits per heavy atom. The number of rotatable bonds is 3. The molecule has 1 aliphatic rings. The van der Waals surface area contributed by atoms with Crippen LogP contribution in [0.2, 0.25) is 0 Å². The summed E-state index contributed by atoms with van der Waals surface area (Å²) in [6.07, 6.45) is 1.03. The molecule has 19 heavy (non-hydrogen) atoms. The summed E-state index contributed by atoms with van der Waals surface area (Å²) in [5.74, 6) is 0.771. The van der Waals surface area contributed by atoms with Gasteiger partial charge >= 0.3 is 0 Å². The van der Waals surface area contributed by atoms with Crippen molar-refractivity contribution in [1.29, 1.82) is 0 Å². The minimum Gasteiger partial charge on any atom is -0.474 e. The Labute approximate surface area is 116 Å². The molecular formula is C16H24N2O. The van der Waals surface area contributed by atoms with Gasteiger partial charge in [-0.1, -0.05) is 12.1 Å². The number of fused-ring (bicyclic) bond motifs is 1. The van der Waals surface area contributed by atoms with E-state index in [2.05, 4.69) is 55.8 Å². The maximum atomic E-state index is 5.86. The summed E-state index contributed by atoms with van der Waals surface area (Å²) in [4.78, 5) is 2.22. The van der Waals surface area contributed by atoms with Gasteiger partial charge in [0.05, 0.1) is 0 Å². The van der Waals surface area contributed by atoms with Gasteiger partial charge in [0.15, 0.2) is 5.88 Å². The van der Waals surface area contributed by atoms with Gasteiger partial charge < -0.3 is 15.0 Å². The second-order valence-corrected chi connectivity index (χ2v) is 5.97. The SMILES string of the molecule is C=C(OC(C)(C)C)N1CCc2c(cccc2NC)C1. The minimum atomic E-state index is -0.190. The summed E-state index contributed by atoms with van der Waals surface area (Å²) >= 11 is 0. The van der Waals surface area contributed by atoms with Crippen LogP contribution < -0.4 is 5.32 Å². The number of nitrogens with one attached hydrogen (secondary N) is 1. The largest absolute Gasteiger partial charge is 0.474 e. The Morgan fingerprint density at radius 3 is 2.74 bits per heavy atom. The van der Waals surface area contributed by atoms with Crippen LogP contribution in [0.4, 0.5) is 5.69 Å². The van der Waals surface area contributed by atoms with Crippen molar-refractivity contribution in [2.75, 3.05) is 18.9 Å². The summed E-state index contributed by atoms with van der Waals surface area (Å²) in [7, 11) is 1.98. The van der Waals surface area contributed by atoms with Crippen molar-refractivity contribution in [3.63, 3.8) is 0 Å². The predicted molar refractivity (Wildman–Crippen MR) is 80.1 cm³/mol. The van der Waals surface area contributed by atoms with Crippen molar-refractivity contribution in [2.45, 2.75) is 39.3 Å². The Morgan fingerprint density at radius 2 is 2.11 bits per heavy atom. The van der Waals surface area contributed by atoms with E-state index >= 15 is 0 Å². The zero-order chi connectivity index (χ0) is 14.0. The molecule has 1 aliphatic heterocycles. The molecule has 2 rings (SSSR count). The molecule has 1 heterocycles. The summed E-state index contributed by atoms with van der Waals surface area (Å²) in [6.45, 7) is 12.1. The molecule has 0 saturated heterocycles. The van der Waals surface area contributed by atoms with Gasteiger partial charge in [-0.15, -0.1) is 0 Å². The lowest BCUT2D eigenvalue weighted by Crippen LogP contribution is -2.34. The van der Waals surface area contributed by atoms with Gasteiger partial charge in [0.1, 0.15) is 5.60 Å². The number of benzene rings is 1. The molecule has 104 valence electrons. The van der Waals surface area contributed by atoms with Gasteiger partial charge in [-0.25, -0.2) is 0 Å². The zero-order valence-corrected chi connectivity index (χ0v) is 12.4. The molecule has 0 aliphatic carbocycles. The van der Waals surface area contributed by atoms with Gasteiger partial charge in [-0.3, -0.25) is 0 Å². The second-order valence-electron chi connectivity index (χ2n) is 5.97. The number of hydrogen-bond donors (Lipinski definition) is 1. The lowest BCUT2D eigenvalue weighted by Gasteiger charge is -2.35. The van der Waals surface area contributed by atoms with E-state index < -0.39 is 0 Å². The monoisotopic (exact) mass is 260 g/mol. The maximum absolute atomic E-state index is 5.86. The van der Waals surface area contributed by atoms with E-state index in [9.17, 15) is 0 Å². The summed E-state index contributed by atoms with van der Waals surface area (Å²) in [5.41, 5.74) is 3.82. The fraction of sp³-hybridized carbons (Fsp3) is 0.500. The molecule has 0 saturated carbocycles. The molecule has 1 N–H and O–H groups in total. The molecular weight excluding hydrogens is 236 g/mol. The summed E-state index contributed by atoms with van der Waals surface area (Å²) < 4.78 is 5.86. The Kier molecular flexibility index (Phi) is 3.74. The smallest absolute Gasteiger partial charge is 0.182 e. The Hall–Kier alpha value is -1.64. The van der Waals surface area contributed by atoms with E-state index in [-0.39, 0.29) is 5.60 Å². The first-order valence-electron chi connectivity index (χ1n) is 6.82. The third-order valence-electron chi connectivity index (χ3n) is 3.31. The molecule has 0 atom stereocenters. The Bertz CT molecular complexity index is 474. The molecule has 0 aromatic heterocycles. The maximum Gasteiger partial charge on any atom is 0.182 e. The molecule has 1 aromatic rings. The molecule has 1 aromatic carbocycles. The van der Waals surface area contributed by atoms with Gasteiger partial charge in [-0.05, 0) is 51.0 Å². The quantitative estimate of drug-likeness (QED) is 0.843. The summed E-state index contributed by atoms with van der Waals surface area (Å²) in [5, 5.41) is 3.27. The zero-order valence-electron chi connectivity index (χ0n) is 12.4. The van der Waals surface area contributed by atoms with Gasteiger partial charge in [0.2, 0.25) is 0 Å². The standard InChI is InChI=1S/C16H24N2O/c1-12(19-16(2,3)4)18-10-9-14-13(11-18)7-6-8-15(14)17-5/h6-8,17H,1,9-11H2,2-5H3. The molecule has 0 radical (unpaired) electrons. The van der Waals surface area contributed by atoms with Crippen LogP contribution in [0.5, 0.6) is 0 Å². The van der Waals surface area contributed by atoms with Crippen LogP contribution in [-0.2, 0) is 17.7 Å². The van der Waals surface area contributed by atoms with E-state index in [0.717, 1.165) is 25.4 Å². The van der Waals surface area contributed by atoms with Crippen molar-refractivity contribution in [1.82, 2.24) is 4.90 Å². The van der Waals surface area contributed by atoms with E-state index in [0.29, 0.717) is 0 Å². The van der Waals surface area contributed by atoms with Crippen molar-refractivity contribution in [2.24, 2.45) is 0 Å². The molecule has 0 bridgehead atoms. The highest BCUT2D eigenvalue weighted by Crippen LogP contribution is 2.28. The normalized spacial score (nSPS) is 14.8. The molecule has 3 heteroatoms. The predicted octanol–water partition coefficient (Wildman–Crippen LogP) is 3.37. The fourth-order valence-corrected chi connectivity index (χ4v) is 2.47. The first kappa shape index (κ1) is 13.8. The number of hydrogen-bond acceptors (Lipinski definition) is 3. The van der Waals surface area contributed by atoms with Crippen LogP contribution in [0, 0.1) is 0 Å². The highest BCUT2D eigenvalue weighted by Gasteiger charge is 2.22. The van der Waals surface area contributed by atoms with Crippen LogP contribution in [-0.4, -0.2) is 24.1 Å². The highest BCUT2D eigenvalue weighted by molar-refractivity contribution is 5.55. The molecule has 0 fully saturated rings. The van der Waals surface area contributed by atoms with E-state index in [1.54, 1.807) is 0 Å². The molecule has 0 spiro atoms. The van der Waals surface area contributed by atoms with Crippen molar-refractivity contribution in [3.05, 3.63) is 41.8 Å². The second kappa shape index (κ2) is 5.16. The number of anilines is 1. The first-order chi connectivity index (χ1) is 8.90. The van der Waals surface area contributed by atoms with Gasteiger partial charge in [-0.2, -0.15) is 0 Å². The summed E-state index contributed by atoms with van der Waals surface area (Å²) in [6, 6.07) is 6.42. The van der Waals surface area contributed by atoms with E-state index in [1.165, 1.54) is 16.8 Å². The molecule has 0 unspecified atom stereocenters. The Balaban J connectivity index is 2.12. The fourth-order valence-electron chi connectivity index (χ4n) is 2.47. The lowest BCUT2D eigenvalue weighted by atomic mass is 9.98. The molecule has 3 nitrogen and oxygen atoms in total. The average molecular weight is 260 g/mol. The third kappa shape index (κ3) is 3.22. The van der Waals surface area contributed by atoms with Crippen molar-refractivity contribution in [3.8, 4) is 0 Å². The first-order valence-corrected chi connectivity index (χ1v) is 6.82. The average Bonchev–Trinajstić information content (AvgIpc) is 2.35. The highest BCUT2D eigenvalue weighted by atomic mass is 16.5. The van der Waals surface area contributed by atoms with Crippen LogP contribution in [0.3, 0.4) is 0 Å². The van der Waals surface area contributed by atoms with Crippen LogP contribution in [0.15, 0.2) is 30.7 Å². The molecule has 0 amide bonds. The van der Waals surface area contributed by atoms with E-state index in [1.807, 2.05) is 7.05 Å². The number of ether oxygens (including phenoxy) is 1. The number of nitrogens with zero attached hydrogens (tertiary/aromatic N) is 1. The minimum absolute atomic E-state index is 0.190. The third-order valence-corrected chi connectivity index (χ3v) is 3.31.